The highest BCUT2D eigenvalue weighted by Crippen LogP contribution is 2.26. The summed E-state index contributed by atoms with van der Waals surface area (Å²) in [4.78, 5) is 12.3. The maximum atomic E-state index is 12.3. The Morgan fingerprint density at radius 2 is 2.18 bits per heavy atom. The fraction of sp³-hybridized carbons (Fsp3) is 0.375. The van der Waals surface area contributed by atoms with Crippen molar-refractivity contribution >= 4 is 24.0 Å². The van der Waals surface area contributed by atoms with Crippen molar-refractivity contribution in [2.24, 2.45) is 5.41 Å². The Kier molecular flexibility index (Phi) is 5.21. The molecule has 22 heavy (non-hydrogen) atoms. The van der Waals surface area contributed by atoms with Crippen LogP contribution >= 0.6 is 12.4 Å². The van der Waals surface area contributed by atoms with Gasteiger partial charge in [-0.1, -0.05) is 12.1 Å². The summed E-state index contributed by atoms with van der Waals surface area (Å²) in [6.45, 7) is 4.40. The maximum absolute atomic E-state index is 12.3. The van der Waals surface area contributed by atoms with Crippen LogP contribution in [0.15, 0.2) is 42.7 Å². The average molecular weight is 321 g/mol. The molecule has 2 aromatic rings. The Labute approximate surface area is 136 Å². The first-order chi connectivity index (χ1) is 10.2. The van der Waals surface area contributed by atoms with E-state index in [1.165, 1.54) is 0 Å². The Bertz CT molecular complexity index is 604. The standard InChI is InChI=1S/C16H20N4O.ClH/c1-16(7-9-17-12-16)15(21)19-14-5-3-13(4-6-14)11-20-10-2-8-18-20;/h2-6,8,10,17H,7,9,11-12H2,1H3,(H,19,21);1H. The molecule has 0 bridgehead atoms. The minimum atomic E-state index is -0.298. The summed E-state index contributed by atoms with van der Waals surface area (Å²) >= 11 is 0. The lowest BCUT2D eigenvalue weighted by Crippen LogP contribution is -2.35. The molecule has 6 heteroatoms. The zero-order valence-electron chi connectivity index (χ0n) is 12.6. The predicted octanol–water partition coefficient (Wildman–Crippen LogP) is 2.29. The van der Waals surface area contributed by atoms with Crippen LogP contribution in [0.4, 0.5) is 5.69 Å². The van der Waals surface area contributed by atoms with Crippen LogP contribution in [0.5, 0.6) is 0 Å². The normalized spacial score (nSPS) is 20.4. The van der Waals surface area contributed by atoms with E-state index in [1.54, 1.807) is 6.20 Å². The van der Waals surface area contributed by atoms with Gasteiger partial charge in [0, 0.05) is 24.6 Å². The van der Waals surface area contributed by atoms with E-state index < -0.39 is 0 Å². The molecular weight excluding hydrogens is 300 g/mol. The number of aromatic nitrogens is 2. The van der Waals surface area contributed by atoms with Crippen molar-refractivity contribution in [1.29, 1.82) is 0 Å². The molecule has 1 aromatic carbocycles. The van der Waals surface area contributed by atoms with Gasteiger partial charge in [0.05, 0.1) is 12.0 Å². The summed E-state index contributed by atoms with van der Waals surface area (Å²) in [6, 6.07) is 9.84. The van der Waals surface area contributed by atoms with E-state index >= 15 is 0 Å². The molecule has 1 aliphatic heterocycles. The Hall–Kier alpha value is -1.85. The summed E-state index contributed by atoms with van der Waals surface area (Å²) in [7, 11) is 0. The number of carbonyl (C=O) groups is 1. The molecule has 1 fully saturated rings. The van der Waals surface area contributed by atoms with Crippen LogP contribution in [0.2, 0.25) is 0 Å². The molecule has 1 atom stereocenters. The Balaban J connectivity index is 0.00000176. The molecule has 2 N–H and O–H groups in total. The van der Waals surface area contributed by atoms with E-state index in [2.05, 4.69) is 15.7 Å². The number of nitrogens with one attached hydrogen (secondary N) is 2. The second-order valence-corrected chi connectivity index (χ2v) is 5.84. The third kappa shape index (κ3) is 3.67. The van der Waals surface area contributed by atoms with Crippen molar-refractivity contribution in [3.63, 3.8) is 0 Å². The van der Waals surface area contributed by atoms with Crippen molar-refractivity contribution in [3.05, 3.63) is 48.3 Å². The van der Waals surface area contributed by atoms with Gasteiger partial charge in [0.25, 0.3) is 0 Å². The summed E-state index contributed by atoms with van der Waals surface area (Å²) in [5, 5.41) is 10.4. The molecule has 5 nitrogen and oxygen atoms in total. The molecule has 1 saturated heterocycles. The van der Waals surface area contributed by atoms with Gasteiger partial charge in [-0.15, -0.1) is 12.4 Å². The van der Waals surface area contributed by atoms with Gasteiger partial charge in [0.15, 0.2) is 0 Å². The molecule has 0 spiro atoms. The lowest BCUT2D eigenvalue weighted by Gasteiger charge is -2.21. The van der Waals surface area contributed by atoms with Gasteiger partial charge in [-0.2, -0.15) is 5.10 Å². The van der Waals surface area contributed by atoms with Crippen LogP contribution in [0, 0.1) is 5.41 Å². The van der Waals surface area contributed by atoms with Gasteiger partial charge in [-0.05, 0) is 43.7 Å². The van der Waals surface area contributed by atoms with E-state index in [1.807, 2.05) is 48.1 Å². The molecule has 3 rings (SSSR count). The van der Waals surface area contributed by atoms with Gasteiger partial charge in [0.1, 0.15) is 0 Å². The maximum Gasteiger partial charge on any atom is 0.231 e. The quantitative estimate of drug-likeness (QED) is 0.908. The topological polar surface area (TPSA) is 59.0 Å². The smallest absolute Gasteiger partial charge is 0.231 e. The van der Waals surface area contributed by atoms with Crippen LogP contribution in [-0.4, -0.2) is 28.8 Å². The second-order valence-electron chi connectivity index (χ2n) is 5.84. The first-order valence-electron chi connectivity index (χ1n) is 7.24. The molecule has 1 aliphatic rings. The summed E-state index contributed by atoms with van der Waals surface area (Å²) < 4.78 is 1.87. The van der Waals surface area contributed by atoms with E-state index in [9.17, 15) is 4.79 Å². The van der Waals surface area contributed by atoms with Crippen LogP contribution in [-0.2, 0) is 11.3 Å². The number of rotatable bonds is 4. The minimum Gasteiger partial charge on any atom is -0.326 e. The highest BCUT2D eigenvalue weighted by Gasteiger charge is 2.36. The fourth-order valence-corrected chi connectivity index (χ4v) is 2.57. The van der Waals surface area contributed by atoms with E-state index in [0.29, 0.717) is 0 Å². The first kappa shape index (κ1) is 16.5. The van der Waals surface area contributed by atoms with Gasteiger partial charge < -0.3 is 10.6 Å². The SMILES string of the molecule is CC1(C(=O)Nc2ccc(Cn3cccn3)cc2)CCNC1.Cl. The molecule has 0 aliphatic carbocycles. The van der Waals surface area contributed by atoms with Crippen molar-refractivity contribution in [1.82, 2.24) is 15.1 Å². The Morgan fingerprint density at radius 1 is 1.41 bits per heavy atom. The Morgan fingerprint density at radius 3 is 2.77 bits per heavy atom. The molecule has 0 saturated carbocycles. The minimum absolute atomic E-state index is 0. The average Bonchev–Trinajstić information content (AvgIpc) is 3.13. The predicted molar refractivity (Wildman–Crippen MR) is 89.2 cm³/mol. The van der Waals surface area contributed by atoms with Crippen LogP contribution in [0.1, 0.15) is 18.9 Å². The highest BCUT2D eigenvalue weighted by atomic mass is 35.5. The zero-order valence-corrected chi connectivity index (χ0v) is 13.4. The molecule has 1 aromatic heterocycles. The van der Waals surface area contributed by atoms with Crippen molar-refractivity contribution < 1.29 is 4.79 Å². The highest BCUT2D eigenvalue weighted by molar-refractivity contribution is 5.95. The first-order valence-corrected chi connectivity index (χ1v) is 7.24. The molecule has 1 unspecified atom stereocenters. The van der Waals surface area contributed by atoms with Crippen LogP contribution in [0.25, 0.3) is 0 Å². The molecule has 2 heterocycles. The number of anilines is 1. The molecular formula is C16H21ClN4O. The van der Waals surface area contributed by atoms with E-state index in [4.69, 9.17) is 0 Å². The third-order valence-corrected chi connectivity index (χ3v) is 4.03. The lowest BCUT2D eigenvalue weighted by molar-refractivity contribution is -0.123. The van der Waals surface area contributed by atoms with Gasteiger partial charge in [-0.25, -0.2) is 0 Å². The molecule has 0 radical (unpaired) electrons. The van der Waals surface area contributed by atoms with Gasteiger partial charge >= 0.3 is 0 Å². The molecule has 118 valence electrons. The fourth-order valence-electron chi connectivity index (χ4n) is 2.57. The second kappa shape index (κ2) is 6.94. The summed E-state index contributed by atoms with van der Waals surface area (Å²) in [5.41, 5.74) is 1.70. The zero-order chi connectivity index (χ0) is 14.7. The third-order valence-electron chi connectivity index (χ3n) is 4.03. The van der Waals surface area contributed by atoms with E-state index in [0.717, 1.165) is 37.3 Å². The van der Waals surface area contributed by atoms with Crippen molar-refractivity contribution in [3.8, 4) is 0 Å². The number of halogens is 1. The summed E-state index contributed by atoms with van der Waals surface area (Å²) in [5.74, 6) is 0.0901. The number of carbonyl (C=O) groups excluding carboxylic acids is 1. The van der Waals surface area contributed by atoms with Crippen molar-refractivity contribution in [2.45, 2.75) is 19.9 Å². The lowest BCUT2D eigenvalue weighted by atomic mass is 9.89. The van der Waals surface area contributed by atoms with Crippen molar-refractivity contribution in [2.75, 3.05) is 18.4 Å². The van der Waals surface area contributed by atoms with Gasteiger partial charge in [-0.3, -0.25) is 9.48 Å². The monoisotopic (exact) mass is 320 g/mol. The van der Waals surface area contributed by atoms with Crippen LogP contribution in [0.3, 0.4) is 0 Å². The van der Waals surface area contributed by atoms with Crippen LogP contribution < -0.4 is 10.6 Å². The number of amides is 1. The number of hydrogen-bond donors (Lipinski definition) is 2. The number of benzene rings is 1. The number of nitrogens with zero attached hydrogens (tertiary/aromatic N) is 2. The van der Waals surface area contributed by atoms with E-state index in [-0.39, 0.29) is 23.7 Å². The largest absolute Gasteiger partial charge is 0.326 e. The van der Waals surface area contributed by atoms with Gasteiger partial charge in [0.2, 0.25) is 5.91 Å². The summed E-state index contributed by atoms with van der Waals surface area (Å²) in [6.07, 6.45) is 4.59. The molecule has 1 amide bonds. The number of hydrogen-bond acceptors (Lipinski definition) is 3.